The van der Waals surface area contributed by atoms with Gasteiger partial charge in [0.25, 0.3) is 0 Å². The number of rotatable bonds is 11. The van der Waals surface area contributed by atoms with Crippen LogP contribution in [0.4, 0.5) is 8.78 Å². The van der Waals surface area contributed by atoms with E-state index in [0.29, 0.717) is 28.1 Å². The number of tetrazole rings is 1. The first-order valence-electron chi connectivity index (χ1n) is 11.2. The molecule has 3 N–H and O–H groups in total. The summed E-state index contributed by atoms with van der Waals surface area (Å²) >= 11 is 0. The molecule has 2 unspecified atom stereocenters. The Morgan fingerprint density at radius 3 is 2.08 bits per heavy atom. The van der Waals surface area contributed by atoms with Crippen molar-refractivity contribution >= 4 is 17.1 Å². The van der Waals surface area contributed by atoms with Gasteiger partial charge in [-0.05, 0) is 57.8 Å². The number of allylic oxidation sites excluding steroid dienone is 4. The SMILES string of the molecule is Cn1nnnc1C(C=CC=CC(O)CC(O)CCC(=O)O)=C(c1ccc(F)cc1)c1ccc(F)cc1. The minimum Gasteiger partial charge on any atom is -0.481 e. The lowest BCUT2D eigenvalue weighted by Crippen LogP contribution is -2.16. The zero-order valence-electron chi connectivity index (χ0n) is 19.5. The van der Waals surface area contributed by atoms with E-state index >= 15 is 0 Å². The number of hydrogen-bond acceptors (Lipinski definition) is 6. The zero-order chi connectivity index (χ0) is 26.1. The van der Waals surface area contributed by atoms with E-state index in [2.05, 4.69) is 15.5 Å². The Morgan fingerprint density at radius 2 is 1.58 bits per heavy atom. The highest BCUT2D eigenvalue weighted by molar-refractivity contribution is 6.00. The van der Waals surface area contributed by atoms with Crippen molar-refractivity contribution in [3.8, 4) is 0 Å². The normalized spacial score (nSPS) is 13.2. The quantitative estimate of drug-likeness (QED) is 0.347. The van der Waals surface area contributed by atoms with Gasteiger partial charge in [-0.25, -0.2) is 13.5 Å². The first-order chi connectivity index (χ1) is 17.2. The number of aliphatic carboxylic acids is 1. The van der Waals surface area contributed by atoms with Crippen LogP contribution in [-0.2, 0) is 11.8 Å². The van der Waals surface area contributed by atoms with E-state index in [1.54, 1.807) is 49.5 Å². The van der Waals surface area contributed by atoms with Crippen molar-refractivity contribution in [2.75, 3.05) is 0 Å². The summed E-state index contributed by atoms with van der Waals surface area (Å²) in [7, 11) is 1.66. The van der Waals surface area contributed by atoms with Crippen molar-refractivity contribution in [3.63, 3.8) is 0 Å². The number of halogens is 2. The third-order valence-electron chi connectivity index (χ3n) is 5.31. The minimum absolute atomic E-state index is 0.00999. The lowest BCUT2D eigenvalue weighted by atomic mass is 9.92. The number of nitrogens with zero attached hydrogens (tertiary/aromatic N) is 4. The average molecular weight is 497 g/mol. The van der Waals surface area contributed by atoms with Gasteiger partial charge >= 0.3 is 5.97 Å². The maximum Gasteiger partial charge on any atom is 0.303 e. The second-order valence-corrected chi connectivity index (χ2v) is 8.06. The lowest BCUT2D eigenvalue weighted by Gasteiger charge is -2.14. The van der Waals surface area contributed by atoms with Crippen LogP contribution in [0.3, 0.4) is 0 Å². The summed E-state index contributed by atoms with van der Waals surface area (Å²) in [6.45, 7) is 0. The molecule has 36 heavy (non-hydrogen) atoms. The molecule has 2 atom stereocenters. The molecule has 0 aliphatic rings. The van der Waals surface area contributed by atoms with Gasteiger partial charge in [0, 0.05) is 25.5 Å². The average Bonchev–Trinajstić information content (AvgIpc) is 3.27. The highest BCUT2D eigenvalue weighted by Crippen LogP contribution is 2.32. The maximum atomic E-state index is 13.7. The molecule has 188 valence electrons. The minimum atomic E-state index is -1.02. The summed E-state index contributed by atoms with van der Waals surface area (Å²) < 4.78 is 28.8. The summed E-state index contributed by atoms with van der Waals surface area (Å²) in [6.07, 6.45) is 4.29. The van der Waals surface area contributed by atoms with Crippen LogP contribution < -0.4 is 0 Å². The number of benzene rings is 2. The van der Waals surface area contributed by atoms with Gasteiger partial charge < -0.3 is 15.3 Å². The number of carboxylic acids is 1. The van der Waals surface area contributed by atoms with Crippen LogP contribution in [0, 0.1) is 11.6 Å². The van der Waals surface area contributed by atoms with Crippen LogP contribution in [0.25, 0.3) is 11.1 Å². The van der Waals surface area contributed by atoms with Gasteiger partial charge in [-0.1, -0.05) is 48.6 Å². The number of hydrogen-bond donors (Lipinski definition) is 3. The van der Waals surface area contributed by atoms with Gasteiger partial charge in [-0.2, -0.15) is 0 Å². The smallest absolute Gasteiger partial charge is 0.303 e. The highest BCUT2D eigenvalue weighted by atomic mass is 19.1. The van der Waals surface area contributed by atoms with E-state index in [4.69, 9.17) is 5.11 Å². The summed E-state index contributed by atoms with van der Waals surface area (Å²) in [4.78, 5) is 10.6. The molecule has 2 aromatic carbocycles. The molecule has 1 aromatic heterocycles. The Labute approximate surface area is 206 Å². The van der Waals surface area contributed by atoms with Crippen molar-refractivity contribution in [2.45, 2.75) is 31.5 Å². The van der Waals surface area contributed by atoms with E-state index < -0.39 is 29.8 Å². The third kappa shape index (κ3) is 7.49. The van der Waals surface area contributed by atoms with Gasteiger partial charge in [0.1, 0.15) is 11.6 Å². The van der Waals surface area contributed by atoms with Gasteiger partial charge in [0.15, 0.2) is 5.82 Å². The zero-order valence-corrected chi connectivity index (χ0v) is 19.5. The number of carbonyl (C=O) groups is 1. The Hall–Kier alpha value is -4.02. The molecule has 0 radical (unpaired) electrons. The Bertz CT molecular complexity index is 1200. The van der Waals surface area contributed by atoms with E-state index in [0.717, 1.165) is 0 Å². The van der Waals surface area contributed by atoms with Gasteiger partial charge in [0.2, 0.25) is 0 Å². The molecule has 3 rings (SSSR count). The monoisotopic (exact) mass is 496 g/mol. The molecule has 0 saturated heterocycles. The topological polar surface area (TPSA) is 121 Å². The van der Waals surface area contributed by atoms with E-state index in [1.165, 1.54) is 35.0 Å². The summed E-state index contributed by atoms with van der Waals surface area (Å²) in [6, 6.07) is 11.7. The van der Waals surface area contributed by atoms with Crippen molar-refractivity contribution in [1.82, 2.24) is 20.2 Å². The van der Waals surface area contributed by atoms with Crippen LogP contribution in [0.1, 0.15) is 36.2 Å². The molecule has 0 saturated carbocycles. The standard InChI is InChI=1S/C26H26F2N4O4/c1-32-26(29-30-31-32)23(5-3-2-4-21(33)16-22(34)14-15-24(35)36)25(17-6-10-19(27)11-7-17)18-8-12-20(28)13-9-18/h2-13,21-22,33-34H,14-16H2,1H3,(H,35,36). The number of aliphatic hydroxyl groups is 2. The molecule has 1 heterocycles. The van der Waals surface area contributed by atoms with Crippen molar-refractivity contribution in [3.05, 3.63) is 101 Å². The Kier molecular flexibility index (Phi) is 9.32. The predicted molar refractivity (Wildman–Crippen MR) is 129 cm³/mol. The summed E-state index contributed by atoms with van der Waals surface area (Å²) in [5, 5.41) is 40.4. The first-order valence-corrected chi connectivity index (χ1v) is 11.2. The summed E-state index contributed by atoms with van der Waals surface area (Å²) in [5.41, 5.74) is 2.48. The molecular weight excluding hydrogens is 470 g/mol. The number of aromatic nitrogens is 4. The largest absolute Gasteiger partial charge is 0.481 e. The van der Waals surface area contributed by atoms with Crippen molar-refractivity contribution in [2.24, 2.45) is 7.05 Å². The lowest BCUT2D eigenvalue weighted by molar-refractivity contribution is -0.137. The molecule has 8 nitrogen and oxygen atoms in total. The fraction of sp³-hybridized carbons (Fsp3) is 0.231. The Morgan fingerprint density at radius 1 is 1.00 bits per heavy atom. The molecule has 3 aromatic rings. The Balaban J connectivity index is 1.98. The second kappa shape index (κ2) is 12.6. The van der Waals surface area contributed by atoms with E-state index in [1.807, 2.05) is 0 Å². The maximum absolute atomic E-state index is 13.7. The molecule has 10 heteroatoms. The van der Waals surface area contributed by atoms with Gasteiger partial charge in [0.05, 0.1) is 12.2 Å². The third-order valence-corrected chi connectivity index (χ3v) is 5.31. The first kappa shape index (κ1) is 26.6. The van der Waals surface area contributed by atoms with Gasteiger partial charge in [-0.3, -0.25) is 4.79 Å². The molecular formula is C26H26F2N4O4. The summed E-state index contributed by atoms with van der Waals surface area (Å²) in [5.74, 6) is -1.43. The van der Waals surface area contributed by atoms with Crippen LogP contribution in [0.2, 0.25) is 0 Å². The number of carboxylic acid groups (broad SMARTS) is 1. The van der Waals surface area contributed by atoms with Crippen LogP contribution in [0.15, 0.2) is 72.8 Å². The fourth-order valence-electron chi connectivity index (χ4n) is 3.55. The van der Waals surface area contributed by atoms with Crippen molar-refractivity contribution < 1.29 is 28.9 Å². The van der Waals surface area contributed by atoms with Crippen LogP contribution in [0.5, 0.6) is 0 Å². The molecule has 0 aliphatic heterocycles. The van der Waals surface area contributed by atoms with Crippen LogP contribution in [-0.4, -0.2) is 53.7 Å². The highest BCUT2D eigenvalue weighted by Gasteiger charge is 2.17. The van der Waals surface area contributed by atoms with Gasteiger partial charge in [-0.15, -0.1) is 5.10 Å². The molecule has 0 bridgehead atoms. The number of aliphatic hydroxyl groups excluding tert-OH is 2. The van der Waals surface area contributed by atoms with Crippen molar-refractivity contribution in [1.29, 1.82) is 0 Å². The predicted octanol–water partition coefficient (Wildman–Crippen LogP) is 3.54. The van der Waals surface area contributed by atoms with E-state index in [-0.39, 0.29) is 19.3 Å². The number of aryl methyl sites for hydroxylation is 1. The molecule has 0 amide bonds. The fourth-order valence-corrected chi connectivity index (χ4v) is 3.55. The molecule has 0 aliphatic carbocycles. The second-order valence-electron chi connectivity index (χ2n) is 8.06. The van der Waals surface area contributed by atoms with E-state index in [9.17, 15) is 23.8 Å². The molecule has 0 fully saturated rings. The van der Waals surface area contributed by atoms with Crippen LogP contribution >= 0.6 is 0 Å². The molecule has 0 spiro atoms.